The van der Waals surface area contributed by atoms with E-state index in [1.165, 1.54) is 11.1 Å². The van der Waals surface area contributed by atoms with E-state index in [-0.39, 0.29) is 6.10 Å². The van der Waals surface area contributed by atoms with Gasteiger partial charge in [0.05, 0.1) is 15.6 Å². The zero-order valence-electron chi connectivity index (χ0n) is 11.1. The summed E-state index contributed by atoms with van der Waals surface area (Å²) in [5.74, 6) is 0. The van der Waals surface area contributed by atoms with Gasteiger partial charge >= 0.3 is 0 Å². The van der Waals surface area contributed by atoms with E-state index in [1.807, 2.05) is 12.1 Å². The normalized spacial score (nSPS) is 11.9. The van der Waals surface area contributed by atoms with Crippen molar-refractivity contribution in [3.05, 3.63) is 59.5 Å². The van der Waals surface area contributed by atoms with Crippen molar-refractivity contribution < 1.29 is 4.74 Å². The molecule has 0 fully saturated rings. The van der Waals surface area contributed by atoms with Crippen LogP contribution in [0.1, 0.15) is 38.4 Å². The maximum atomic E-state index is 6.09. The molecule has 0 amide bonds. The standard InChI is InChI=1S/C15H22OSi/c1-4-5-11-14(16-15(17)12(2)3)13-9-7-6-8-10-13/h4,6-10,14H,1,5,11H2,2-3,17H3. The fourth-order valence-corrected chi connectivity index (χ4v) is 1.85. The highest BCUT2D eigenvalue weighted by molar-refractivity contribution is 6.20. The van der Waals surface area contributed by atoms with Gasteiger partial charge in [-0.2, -0.15) is 0 Å². The van der Waals surface area contributed by atoms with Crippen LogP contribution in [0.5, 0.6) is 0 Å². The van der Waals surface area contributed by atoms with Gasteiger partial charge < -0.3 is 4.74 Å². The first-order valence-electron chi connectivity index (χ1n) is 6.11. The molecule has 0 aromatic heterocycles. The van der Waals surface area contributed by atoms with E-state index in [0.717, 1.165) is 28.5 Å². The van der Waals surface area contributed by atoms with E-state index in [0.29, 0.717) is 0 Å². The Morgan fingerprint density at radius 1 is 1.35 bits per heavy atom. The maximum Gasteiger partial charge on any atom is 0.123 e. The molecule has 1 atom stereocenters. The van der Waals surface area contributed by atoms with E-state index in [2.05, 4.69) is 44.7 Å². The summed E-state index contributed by atoms with van der Waals surface area (Å²) in [5.41, 5.74) is 2.54. The summed E-state index contributed by atoms with van der Waals surface area (Å²) in [6, 6.07) is 10.4. The minimum atomic E-state index is 0.164. The molecule has 17 heavy (non-hydrogen) atoms. The Bertz CT molecular complexity index is 377. The second kappa shape index (κ2) is 7.12. The first kappa shape index (κ1) is 13.8. The van der Waals surface area contributed by atoms with Crippen LogP contribution < -0.4 is 0 Å². The van der Waals surface area contributed by atoms with Crippen LogP contribution in [0.25, 0.3) is 0 Å². The van der Waals surface area contributed by atoms with Crippen LogP contribution in [0, 0.1) is 0 Å². The lowest BCUT2D eigenvalue weighted by Crippen LogP contribution is -2.05. The molecule has 0 aliphatic heterocycles. The number of allylic oxidation sites excluding steroid dienone is 2. The first-order valence-corrected chi connectivity index (χ1v) is 7.11. The van der Waals surface area contributed by atoms with Crippen molar-refractivity contribution in [3.8, 4) is 0 Å². The van der Waals surface area contributed by atoms with Crippen LogP contribution >= 0.6 is 0 Å². The average molecular weight is 246 g/mol. The fourth-order valence-electron chi connectivity index (χ4n) is 1.56. The highest BCUT2D eigenvalue weighted by Gasteiger charge is 2.12. The lowest BCUT2D eigenvalue weighted by molar-refractivity contribution is 0.125. The monoisotopic (exact) mass is 246 g/mol. The lowest BCUT2D eigenvalue weighted by Gasteiger charge is -2.20. The van der Waals surface area contributed by atoms with Gasteiger partial charge in [0.2, 0.25) is 0 Å². The van der Waals surface area contributed by atoms with Gasteiger partial charge in [-0.05, 0) is 37.8 Å². The van der Waals surface area contributed by atoms with Crippen molar-refractivity contribution in [2.24, 2.45) is 0 Å². The van der Waals surface area contributed by atoms with Crippen LogP contribution in [0.3, 0.4) is 0 Å². The predicted octanol–water partition coefficient (Wildman–Crippen LogP) is 3.33. The van der Waals surface area contributed by atoms with Gasteiger partial charge in [0.25, 0.3) is 0 Å². The second-order valence-corrected chi connectivity index (χ2v) is 5.35. The highest BCUT2D eigenvalue weighted by Crippen LogP contribution is 2.25. The minimum Gasteiger partial charge on any atom is -0.496 e. The number of hydrogen-bond donors (Lipinski definition) is 0. The predicted molar refractivity (Wildman–Crippen MR) is 78.0 cm³/mol. The summed E-state index contributed by atoms with van der Waals surface area (Å²) in [7, 11) is 0.963. The summed E-state index contributed by atoms with van der Waals surface area (Å²) in [5, 5.41) is 1.16. The minimum absolute atomic E-state index is 0.164. The van der Waals surface area contributed by atoms with Crippen LogP contribution in [-0.4, -0.2) is 10.2 Å². The molecule has 2 heteroatoms. The van der Waals surface area contributed by atoms with E-state index < -0.39 is 0 Å². The third-order valence-corrected chi connectivity index (χ3v) is 4.06. The summed E-state index contributed by atoms with van der Waals surface area (Å²) in [6.07, 6.45) is 4.09. The molecule has 1 aromatic rings. The van der Waals surface area contributed by atoms with Gasteiger partial charge in [0.15, 0.2) is 0 Å². The highest BCUT2D eigenvalue weighted by atomic mass is 28.1. The van der Waals surface area contributed by atoms with E-state index in [4.69, 9.17) is 4.74 Å². The first-order chi connectivity index (χ1) is 8.15. The van der Waals surface area contributed by atoms with Crippen molar-refractivity contribution in [1.82, 2.24) is 0 Å². The Labute approximate surface area is 108 Å². The van der Waals surface area contributed by atoms with Gasteiger partial charge in [0, 0.05) is 0 Å². The zero-order chi connectivity index (χ0) is 12.7. The average Bonchev–Trinajstić information content (AvgIpc) is 2.35. The molecule has 0 heterocycles. The number of hydrogen-bond acceptors (Lipinski definition) is 1. The number of ether oxygens (including phenoxy) is 1. The Balaban J connectivity index is 2.81. The quantitative estimate of drug-likeness (QED) is 0.425. The topological polar surface area (TPSA) is 9.23 Å². The van der Waals surface area contributed by atoms with Gasteiger partial charge in [-0.3, -0.25) is 0 Å². The SMILES string of the molecule is C=CCCC(OC([SiH3])=C(C)C)c1ccccc1. The largest absolute Gasteiger partial charge is 0.496 e. The Hall–Kier alpha value is -1.28. The molecule has 1 unspecified atom stereocenters. The molecule has 0 N–H and O–H groups in total. The van der Waals surface area contributed by atoms with Crippen molar-refractivity contribution in [2.75, 3.05) is 0 Å². The van der Waals surface area contributed by atoms with Crippen LogP contribution in [0.4, 0.5) is 0 Å². The molecule has 0 aliphatic rings. The van der Waals surface area contributed by atoms with Gasteiger partial charge in [-0.1, -0.05) is 36.4 Å². The lowest BCUT2D eigenvalue weighted by atomic mass is 10.0. The smallest absolute Gasteiger partial charge is 0.123 e. The molecule has 0 saturated carbocycles. The molecule has 1 aromatic carbocycles. The fraction of sp³-hybridized carbons (Fsp3) is 0.333. The van der Waals surface area contributed by atoms with Crippen LogP contribution in [0.15, 0.2) is 53.9 Å². The molecule has 0 saturated heterocycles. The molecule has 0 aliphatic carbocycles. The maximum absolute atomic E-state index is 6.09. The Kier molecular flexibility index (Phi) is 5.77. The van der Waals surface area contributed by atoms with Gasteiger partial charge in [-0.25, -0.2) is 0 Å². The summed E-state index contributed by atoms with van der Waals surface area (Å²) in [6.45, 7) is 8.00. The van der Waals surface area contributed by atoms with Gasteiger partial charge in [-0.15, -0.1) is 6.58 Å². The zero-order valence-corrected chi connectivity index (χ0v) is 13.1. The summed E-state index contributed by atoms with van der Waals surface area (Å²) >= 11 is 0. The van der Waals surface area contributed by atoms with E-state index in [9.17, 15) is 0 Å². The second-order valence-electron chi connectivity index (χ2n) is 4.44. The van der Waals surface area contributed by atoms with Crippen LogP contribution in [0.2, 0.25) is 0 Å². The van der Waals surface area contributed by atoms with E-state index >= 15 is 0 Å². The molecule has 0 bridgehead atoms. The van der Waals surface area contributed by atoms with Crippen LogP contribution in [-0.2, 0) is 4.74 Å². The number of benzene rings is 1. The molecular formula is C15H22OSi. The third kappa shape index (κ3) is 4.61. The molecular weight excluding hydrogens is 224 g/mol. The van der Waals surface area contributed by atoms with Crippen molar-refractivity contribution >= 4 is 10.2 Å². The molecule has 0 radical (unpaired) electrons. The molecule has 92 valence electrons. The van der Waals surface area contributed by atoms with Gasteiger partial charge in [0.1, 0.15) is 6.10 Å². The summed E-state index contributed by atoms with van der Waals surface area (Å²) < 4.78 is 6.09. The van der Waals surface area contributed by atoms with Crippen molar-refractivity contribution in [1.29, 1.82) is 0 Å². The molecule has 1 rings (SSSR count). The number of rotatable bonds is 6. The Morgan fingerprint density at radius 2 is 2.00 bits per heavy atom. The van der Waals surface area contributed by atoms with Crippen molar-refractivity contribution in [2.45, 2.75) is 32.8 Å². The van der Waals surface area contributed by atoms with E-state index in [1.54, 1.807) is 0 Å². The molecule has 1 nitrogen and oxygen atoms in total. The van der Waals surface area contributed by atoms with Crippen molar-refractivity contribution in [3.63, 3.8) is 0 Å². The summed E-state index contributed by atoms with van der Waals surface area (Å²) in [4.78, 5) is 0. The Morgan fingerprint density at radius 3 is 2.53 bits per heavy atom. The third-order valence-electron chi connectivity index (χ3n) is 2.83. The molecule has 0 spiro atoms.